The van der Waals surface area contributed by atoms with Crippen LogP contribution in [0.4, 0.5) is 15.8 Å². The standard InChI is InChI=1S/C16H15Cl2FN2O/c1-9-3-5-12(8-14(9)19)20-10(2)16(22)21-15-6-4-11(17)7-13(15)18/h3-8,10,20H,1-2H3,(H,21,22)/t10-/m1/s1. The van der Waals surface area contributed by atoms with E-state index in [1.165, 1.54) is 6.07 Å². The Morgan fingerprint density at radius 3 is 2.55 bits per heavy atom. The number of hydrogen-bond donors (Lipinski definition) is 2. The van der Waals surface area contributed by atoms with Crippen molar-refractivity contribution in [2.45, 2.75) is 19.9 Å². The predicted octanol–water partition coefficient (Wildman–Crippen LogP) is 4.88. The Kier molecular flexibility index (Phi) is 5.27. The van der Waals surface area contributed by atoms with Crippen LogP contribution >= 0.6 is 23.2 Å². The number of nitrogens with one attached hydrogen (secondary N) is 2. The number of aryl methyl sites for hydroxylation is 1. The van der Waals surface area contributed by atoms with Crippen molar-refractivity contribution in [2.75, 3.05) is 10.6 Å². The van der Waals surface area contributed by atoms with E-state index in [1.54, 1.807) is 44.2 Å². The molecule has 0 heterocycles. The SMILES string of the molecule is Cc1ccc(N[C@H](C)C(=O)Nc2ccc(Cl)cc2Cl)cc1F. The Labute approximate surface area is 138 Å². The van der Waals surface area contributed by atoms with Crippen LogP contribution in [0.3, 0.4) is 0 Å². The fraction of sp³-hybridized carbons (Fsp3) is 0.188. The fourth-order valence-corrected chi connectivity index (χ4v) is 2.29. The molecule has 0 saturated carbocycles. The third-order valence-electron chi connectivity index (χ3n) is 3.14. The molecule has 1 amide bonds. The molecule has 0 aliphatic carbocycles. The zero-order chi connectivity index (χ0) is 16.3. The zero-order valence-corrected chi connectivity index (χ0v) is 13.6. The molecular weight excluding hydrogens is 326 g/mol. The monoisotopic (exact) mass is 340 g/mol. The highest BCUT2D eigenvalue weighted by Crippen LogP contribution is 2.25. The Morgan fingerprint density at radius 2 is 1.91 bits per heavy atom. The molecule has 2 aromatic rings. The van der Waals surface area contributed by atoms with Gasteiger partial charge in [-0.2, -0.15) is 0 Å². The highest BCUT2D eigenvalue weighted by atomic mass is 35.5. The van der Waals surface area contributed by atoms with Crippen LogP contribution in [0, 0.1) is 12.7 Å². The molecule has 0 fully saturated rings. The molecule has 0 saturated heterocycles. The van der Waals surface area contributed by atoms with Gasteiger partial charge in [-0.25, -0.2) is 4.39 Å². The molecule has 3 nitrogen and oxygen atoms in total. The summed E-state index contributed by atoms with van der Waals surface area (Å²) in [4.78, 5) is 12.1. The molecule has 2 N–H and O–H groups in total. The Hall–Kier alpha value is -1.78. The number of hydrogen-bond acceptors (Lipinski definition) is 2. The number of benzene rings is 2. The van der Waals surface area contributed by atoms with Crippen LogP contribution in [0.2, 0.25) is 10.0 Å². The number of carbonyl (C=O) groups is 1. The molecule has 1 atom stereocenters. The van der Waals surface area contributed by atoms with Crippen LogP contribution in [-0.4, -0.2) is 11.9 Å². The molecule has 2 rings (SSSR count). The van der Waals surface area contributed by atoms with Gasteiger partial charge < -0.3 is 10.6 Å². The lowest BCUT2D eigenvalue weighted by molar-refractivity contribution is -0.116. The summed E-state index contributed by atoms with van der Waals surface area (Å²) in [5.74, 6) is -0.608. The summed E-state index contributed by atoms with van der Waals surface area (Å²) in [6.45, 7) is 3.36. The summed E-state index contributed by atoms with van der Waals surface area (Å²) in [7, 11) is 0. The maximum Gasteiger partial charge on any atom is 0.246 e. The summed E-state index contributed by atoms with van der Waals surface area (Å²) in [6, 6.07) is 8.97. The van der Waals surface area contributed by atoms with Gasteiger partial charge in [0.2, 0.25) is 5.91 Å². The summed E-state index contributed by atoms with van der Waals surface area (Å²) in [5.41, 5.74) is 1.56. The first kappa shape index (κ1) is 16.6. The lowest BCUT2D eigenvalue weighted by atomic mass is 10.2. The van der Waals surface area contributed by atoms with Gasteiger partial charge in [0.1, 0.15) is 11.9 Å². The van der Waals surface area contributed by atoms with Crippen molar-refractivity contribution in [3.05, 3.63) is 57.8 Å². The Morgan fingerprint density at radius 1 is 1.18 bits per heavy atom. The molecule has 0 bridgehead atoms. The van der Waals surface area contributed by atoms with E-state index in [1.807, 2.05) is 0 Å². The van der Waals surface area contributed by atoms with Crippen LogP contribution in [0.1, 0.15) is 12.5 Å². The zero-order valence-electron chi connectivity index (χ0n) is 12.1. The fourth-order valence-electron chi connectivity index (χ4n) is 1.83. The first-order chi connectivity index (χ1) is 10.4. The Bertz CT molecular complexity index is 707. The van der Waals surface area contributed by atoms with E-state index in [0.29, 0.717) is 27.0 Å². The van der Waals surface area contributed by atoms with Gasteiger partial charge in [0.05, 0.1) is 10.7 Å². The third kappa shape index (κ3) is 4.12. The van der Waals surface area contributed by atoms with Crippen LogP contribution < -0.4 is 10.6 Å². The minimum Gasteiger partial charge on any atom is -0.374 e. The maximum absolute atomic E-state index is 13.5. The van der Waals surface area contributed by atoms with Gasteiger partial charge in [0.15, 0.2) is 0 Å². The van der Waals surface area contributed by atoms with Crippen molar-refractivity contribution >= 4 is 40.5 Å². The first-order valence-corrected chi connectivity index (χ1v) is 7.41. The van der Waals surface area contributed by atoms with E-state index in [2.05, 4.69) is 10.6 Å². The van der Waals surface area contributed by atoms with Crippen molar-refractivity contribution in [1.82, 2.24) is 0 Å². The number of amides is 1. The van der Waals surface area contributed by atoms with Crippen molar-refractivity contribution in [1.29, 1.82) is 0 Å². The minimum absolute atomic E-state index is 0.287. The number of carbonyl (C=O) groups excluding carboxylic acids is 1. The third-order valence-corrected chi connectivity index (χ3v) is 3.69. The molecule has 6 heteroatoms. The summed E-state index contributed by atoms with van der Waals surface area (Å²) in [6.07, 6.45) is 0. The molecule has 116 valence electrons. The molecular formula is C16H15Cl2FN2O. The topological polar surface area (TPSA) is 41.1 Å². The second kappa shape index (κ2) is 6.99. The first-order valence-electron chi connectivity index (χ1n) is 6.65. The lowest BCUT2D eigenvalue weighted by Gasteiger charge is -2.16. The van der Waals surface area contributed by atoms with E-state index in [0.717, 1.165) is 0 Å². The van der Waals surface area contributed by atoms with Gasteiger partial charge in [-0.1, -0.05) is 29.3 Å². The second-order valence-electron chi connectivity index (χ2n) is 4.94. The molecule has 0 aromatic heterocycles. The van der Waals surface area contributed by atoms with Crippen LogP contribution in [0.5, 0.6) is 0 Å². The van der Waals surface area contributed by atoms with Crippen LogP contribution in [0.15, 0.2) is 36.4 Å². The average Bonchev–Trinajstić information content (AvgIpc) is 2.45. The number of anilines is 2. The summed E-state index contributed by atoms with van der Waals surface area (Å²) < 4.78 is 13.5. The quantitative estimate of drug-likeness (QED) is 0.832. The molecule has 0 aliphatic heterocycles. The number of rotatable bonds is 4. The van der Waals surface area contributed by atoms with E-state index in [9.17, 15) is 9.18 Å². The van der Waals surface area contributed by atoms with Crippen molar-refractivity contribution in [3.63, 3.8) is 0 Å². The molecule has 22 heavy (non-hydrogen) atoms. The van der Waals surface area contributed by atoms with Crippen LogP contribution in [-0.2, 0) is 4.79 Å². The minimum atomic E-state index is -0.561. The lowest BCUT2D eigenvalue weighted by Crippen LogP contribution is -2.32. The van der Waals surface area contributed by atoms with E-state index in [4.69, 9.17) is 23.2 Å². The maximum atomic E-state index is 13.5. The summed E-state index contributed by atoms with van der Waals surface area (Å²) >= 11 is 11.8. The van der Waals surface area contributed by atoms with Gasteiger partial charge in [0, 0.05) is 10.7 Å². The molecule has 0 spiro atoms. The van der Waals surface area contributed by atoms with Crippen molar-refractivity contribution in [2.24, 2.45) is 0 Å². The van der Waals surface area contributed by atoms with E-state index >= 15 is 0 Å². The van der Waals surface area contributed by atoms with Gasteiger partial charge >= 0.3 is 0 Å². The molecule has 2 aromatic carbocycles. The number of halogens is 3. The van der Waals surface area contributed by atoms with E-state index < -0.39 is 6.04 Å². The molecule has 0 aliphatic rings. The largest absolute Gasteiger partial charge is 0.374 e. The van der Waals surface area contributed by atoms with Crippen LogP contribution in [0.25, 0.3) is 0 Å². The highest BCUT2D eigenvalue weighted by molar-refractivity contribution is 6.36. The normalized spacial score (nSPS) is 11.9. The Balaban J connectivity index is 2.04. The van der Waals surface area contributed by atoms with E-state index in [-0.39, 0.29) is 11.7 Å². The van der Waals surface area contributed by atoms with Gasteiger partial charge in [-0.15, -0.1) is 0 Å². The molecule has 0 radical (unpaired) electrons. The van der Waals surface area contributed by atoms with Gasteiger partial charge in [0.25, 0.3) is 0 Å². The van der Waals surface area contributed by atoms with Gasteiger partial charge in [-0.3, -0.25) is 4.79 Å². The van der Waals surface area contributed by atoms with Crippen molar-refractivity contribution in [3.8, 4) is 0 Å². The highest BCUT2D eigenvalue weighted by Gasteiger charge is 2.14. The molecule has 0 unspecified atom stereocenters. The predicted molar refractivity (Wildman–Crippen MR) is 89.3 cm³/mol. The smallest absolute Gasteiger partial charge is 0.246 e. The average molecular weight is 341 g/mol. The summed E-state index contributed by atoms with van der Waals surface area (Å²) in [5, 5.41) is 6.48. The second-order valence-corrected chi connectivity index (χ2v) is 5.79. The van der Waals surface area contributed by atoms with Gasteiger partial charge in [-0.05, 0) is 49.7 Å². The van der Waals surface area contributed by atoms with Crippen molar-refractivity contribution < 1.29 is 9.18 Å².